The van der Waals surface area contributed by atoms with Crippen LogP contribution in [0.3, 0.4) is 0 Å². The van der Waals surface area contributed by atoms with E-state index in [2.05, 4.69) is 10.3 Å². The number of amides is 1. The van der Waals surface area contributed by atoms with Crippen molar-refractivity contribution in [2.75, 3.05) is 7.11 Å². The van der Waals surface area contributed by atoms with Gasteiger partial charge in [-0.15, -0.1) is 11.3 Å². The van der Waals surface area contributed by atoms with E-state index >= 15 is 0 Å². The third kappa shape index (κ3) is 3.09. The van der Waals surface area contributed by atoms with E-state index < -0.39 is 5.56 Å². The van der Waals surface area contributed by atoms with E-state index in [9.17, 15) is 9.59 Å². The predicted molar refractivity (Wildman–Crippen MR) is 88.2 cm³/mol. The molecule has 0 bridgehead atoms. The van der Waals surface area contributed by atoms with Crippen molar-refractivity contribution in [1.29, 1.82) is 0 Å². The van der Waals surface area contributed by atoms with Gasteiger partial charge in [0, 0.05) is 17.6 Å². The molecule has 0 unspecified atom stereocenters. The zero-order valence-electron chi connectivity index (χ0n) is 12.6. The molecule has 1 amide bonds. The number of thiazole rings is 1. The lowest BCUT2D eigenvalue weighted by atomic mass is 10.1. The first-order valence-electron chi connectivity index (χ1n) is 7.00. The van der Waals surface area contributed by atoms with E-state index in [4.69, 9.17) is 4.74 Å². The molecule has 2 aromatic heterocycles. The predicted octanol–water partition coefficient (Wildman–Crippen LogP) is 2.26. The fourth-order valence-corrected chi connectivity index (χ4v) is 3.01. The molecular weight excluding hydrogens is 314 g/mol. The number of ether oxygens (including phenoxy) is 1. The highest BCUT2D eigenvalue weighted by atomic mass is 32.1. The Labute approximate surface area is 136 Å². The van der Waals surface area contributed by atoms with Crippen molar-refractivity contribution >= 4 is 22.2 Å². The molecule has 1 atom stereocenters. The summed E-state index contributed by atoms with van der Waals surface area (Å²) >= 11 is 1.31. The lowest BCUT2D eigenvalue weighted by Gasteiger charge is -2.15. The van der Waals surface area contributed by atoms with Crippen LogP contribution in [0.25, 0.3) is 4.96 Å². The van der Waals surface area contributed by atoms with Crippen molar-refractivity contribution in [2.45, 2.75) is 13.0 Å². The van der Waals surface area contributed by atoms with Crippen molar-refractivity contribution < 1.29 is 9.53 Å². The van der Waals surface area contributed by atoms with Crippen LogP contribution < -0.4 is 15.6 Å². The summed E-state index contributed by atoms with van der Waals surface area (Å²) in [4.78, 5) is 28.5. The number of nitrogens with one attached hydrogen (secondary N) is 1. The molecule has 0 saturated carbocycles. The summed E-state index contributed by atoms with van der Waals surface area (Å²) in [6.07, 6.45) is 1.72. The van der Waals surface area contributed by atoms with E-state index in [1.54, 1.807) is 23.1 Å². The minimum atomic E-state index is -0.424. The molecule has 0 aliphatic heterocycles. The molecule has 23 heavy (non-hydrogen) atoms. The van der Waals surface area contributed by atoms with Crippen LogP contribution in [-0.4, -0.2) is 22.4 Å². The van der Waals surface area contributed by atoms with Gasteiger partial charge in [0.05, 0.1) is 13.2 Å². The number of hydrogen-bond acceptors (Lipinski definition) is 5. The van der Waals surface area contributed by atoms with Crippen LogP contribution in [0.1, 0.15) is 29.0 Å². The molecule has 118 valence electrons. The van der Waals surface area contributed by atoms with Crippen molar-refractivity contribution in [1.82, 2.24) is 14.7 Å². The second-order valence-electron chi connectivity index (χ2n) is 5.01. The van der Waals surface area contributed by atoms with Crippen LogP contribution in [0.4, 0.5) is 0 Å². The maximum atomic E-state index is 12.5. The van der Waals surface area contributed by atoms with Gasteiger partial charge in [-0.05, 0) is 24.6 Å². The molecule has 0 saturated heterocycles. The fourth-order valence-electron chi connectivity index (χ4n) is 2.29. The smallest absolute Gasteiger partial charge is 0.274 e. The fraction of sp³-hybridized carbons (Fsp3) is 0.188. The molecule has 3 rings (SSSR count). The monoisotopic (exact) mass is 329 g/mol. The van der Waals surface area contributed by atoms with E-state index in [0.29, 0.717) is 4.96 Å². The molecule has 7 heteroatoms. The van der Waals surface area contributed by atoms with Crippen molar-refractivity contribution in [3.63, 3.8) is 0 Å². The van der Waals surface area contributed by atoms with Crippen LogP contribution in [0.15, 0.2) is 46.7 Å². The topological polar surface area (TPSA) is 72.7 Å². The van der Waals surface area contributed by atoms with Gasteiger partial charge in [0.2, 0.25) is 0 Å². The second-order valence-corrected chi connectivity index (χ2v) is 5.88. The molecule has 0 spiro atoms. The van der Waals surface area contributed by atoms with Gasteiger partial charge in [0.1, 0.15) is 11.4 Å². The number of nitrogens with zero attached hydrogens (tertiary/aromatic N) is 2. The number of benzene rings is 1. The molecule has 0 aliphatic rings. The number of methoxy groups -OCH3 is 1. The summed E-state index contributed by atoms with van der Waals surface area (Å²) in [6, 6.07) is 8.50. The number of rotatable bonds is 4. The first kappa shape index (κ1) is 15.2. The number of carbonyl (C=O) groups excluding carboxylic acids is 1. The van der Waals surface area contributed by atoms with Crippen LogP contribution in [0.5, 0.6) is 5.75 Å². The molecule has 6 nitrogen and oxygen atoms in total. The number of carbonyl (C=O) groups is 1. The Hall–Kier alpha value is -2.67. The summed E-state index contributed by atoms with van der Waals surface area (Å²) in [6.45, 7) is 1.88. The average Bonchev–Trinajstić information content (AvgIpc) is 3.02. The Balaban J connectivity index is 1.88. The van der Waals surface area contributed by atoms with Crippen LogP contribution >= 0.6 is 11.3 Å². The third-order valence-electron chi connectivity index (χ3n) is 3.49. The van der Waals surface area contributed by atoms with Gasteiger partial charge in [-0.3, -0.25) is 14.0 Å². The largest absolute Gasteiger partial charge is 0.497 e. The Bertz CT molecular complexity index is 916. The lowest BCUT2D eigenvalue weighted by molar-refractivity contribution is 0.0933. The van der Waals surface area contributed by atoms with E-state index in [1.165, 1.54) is 17.4 Å². The second kappa shape index (κ2) is 6.21. The zero-order chi connectivity index (χ0) is 16.4. The molecule has 0 fully saturated rings. The molecule has 2 heterocycles. The standard InChI is InChI=1S/C16H15N3O3S/c1-10(11-4-3-5-12(8-11)22-2)17-15(21)13-9-14(20)18-16-19(13)6-7-23-16/h3-10H,1-2H3,(H,17,21)/t10-/m1/s1. The highest BCUT2D eigenvalue weighted by Gasteiger charge is 2.16. The zero-order valence-corrected chi connectivity index (χ0v) is 13.5. The van der Waals surface area contributed by atoms with Crippen LogP contribution in [0, 0.1) is 0 Å². The molecular formula is C16H15N3O3S. The van der Waals surface area contributed by atoms with Crippen molar-refractivity contribution in [2.24, 2.45) is 0 Å². The van der Waals surface area contributed by atoms with Gasteiger partial charge in [-0.1, -0.05) is 12.1 Å². The number of aromatic nitrogens is 2. The molecule has 1 aromatic carbocycles. The molecule has 0 aliphatic carbocycles. The SMILES string of the molecule is COc1cccc([C@@H](C)NC(=O)c2cc(=O)nc3sccn23)c1. The van der Waals surface area contributed by atoms with Gasteiger partial charge >= 0.3 is 0 Å². The van der Waals surface area contributed by atoms with Gasteiger partial charge < -0.3 is 10.1 Å². The average molecular weight is 329 g/mol. The summed E-state index contributed by atoms with van der Waals surface area (Å²) in [7, 11) is 1.60. The van der Waals surface area contributed by atoms with Gasteiger partial charge in [0.15, 0.2) is 4.96 Å². The summed E-state index contributed by atoms with van der Waals surface area (Å²) < 4.78 is 6.80. The van der Waals surface area contributed by atoms with Crippen molar-refractivity contribution in [3.8, 4) is 5.75 Å². The molecule has 1 N–H and O–H groups in total. The van der Waals surface area contributed by atoms with E-state index in [0.717, 1.165) is 11.3 Å². The Kier molecular flexibility index (Phi) is 4.12. The Morgan fingerprint density at radius 3 is 3.00 bits per heavy atom. The van der Waals surface area contributed by atoms with E-state index in [1.807, 2.05) is 31.2 Å². The van der Waals surface area contributed by atoms with E-state index in [-0.39, 0.29) is 17.6 Å². The van der Waals surface area contributed by atoms with Gasteiger partial charge in [-0.25, -0.2) is 0 Å². The highest BCUT2D eigenvalue weighted by Crippen LogP contribution is 2.19. The van der Waals surface area contributed by atoms with Gasteiger partial charge in [0.25, 0.3) is 11.5 Å². The maximum absolute atomic E-state index is 12.5. The van der Waals surface area contributed by atoms with Crippen LogP contribution in [0.2, 0.25) is 0 Å². The number of hydrogen-bond donors (Lipinski definition) is 1. The lowest BCUT2D eigenvalue weighted by Crippen LogP contribution is -2.29. The number of fused-ring (bicyclic) bond motifs is 1. The summed E-state index contributed by atoms with van der Waals surface area (Å²) in [5.41, 5.74) is 0.767. The highest BCUT2D eigenvalue weighted by molar-refractivity contribution is 7.15. The minimum absolute atomic E-state index is 0.227. The van der Waals surface area contributed by atoms with Crippen LogP contribution in [-0.2, 0) is 0 Å². The van der Waals surface area contributed by atoms with Crippen molar-refractivity contribution in [3.05, 3.63) is 63.5 Å². The minimum Gasteiger partial charge on any atom is -0.497 e. The normalized spacial score (nSPS) is 12.1. The first-order chi connectivity index (χ1) is 11.1. The molecule has 3 aromatic rings. The Morgan fingerprint density at radius 2 is 2.22 bits per heavy atom. The third-order valence-corrected chi connectivity index (χ3v) is 4.25. The Morgan fingerprint density at radius 1 is 1.39 bits per heavy atom. The van der Waals surface area contributed by atoms with Gasteiger partial charge in [-0.2, -0.15) is 4.98 Å². The summed E-state index contributed by atoms with van der Waals surface area (Å²) in [5.74, 6) is 0.400. The maximum Gasteiger partial charge on any atom is 0.274 e. The first-order valence-corrected chi connectivity index (χ1v) is 7.88. The molecule has 0 radical (unpaired) electrons. The quantitative estimate of drug-likeness (QED) is 0.797. The summed E-state index contributed by atoms with van der Waals surface area (Å²) in [5, 5.41) is 4.68.